The monoisotopic (exact) mass is 504 g/mol. The van der Waals surface area contributed by atoms with Crippen molar-refractivity contribution in [2.45, 2.75) is 30.7 Å². The molecule has 1 atom stereocenters. The largest absolute Gasteiger partial charge is 0.476 e. The van der Waals surface area contributed by atoms with Gasteiger partial charge in [0.15, 0.2) is 5.96 Å². The molecule has 1 aliphatic rings. The summed E-state index contributed by atoms with van der Waals surface area (Å²) in [5.74, 6) is 2.03. The fourth-order valence-electron chi connectivity index (χ4n) is 2.43. The van der Waals surface area contributed by atoms with Crippen LogP contribution in [0.4, 0.5) is 13.2 Å². The number of guanidine groups is 1. The van der Waals surface area contributed by atoms with Gasteiger partial charge in [-0.3, -0.25) is 4.99 Å². The molecule has 1 saturated heterocycles. The minimum absolute atomic E-state index is 0. The van der Waals surface area contributed by atoms with Crippen LogP contribution in [0.3, 0.4) is 0 Å². The van der Waals surface area contributed by atoms with Gasteiger partial charge < -0.3 is 15.4 Å². The van der Waals surface area contributed by atoms with Crippen LogP contribution in [0, 0.1) is 0 Å². The fourth-order valence-corrected chi connectivity index (χ4v) is 3.67. The zero-order chi connectivity index (χ0) is 18.3. The Morgan fingerprint density at radius 1 is 1.38 bits per heavy atom. The van der Waals surface area contributed by atoms with Gasteiger partial charge in [-0.05, 0) is 31.6 Å². The van der Waals surface area contributed by atoms with Crippen LogP contribution in [-0.2, 0) is 6.18 Å². The van der Waals surface area contributed by atoms with Gasteiger partial charge in [-0.1, -0.05) is 0 Å². The molecule has 1 fully saturated rings. The third kappa shape index (κ3) is 7.37. The summed E-state index contributed by atoms with van der Waals surface area (Å²) in [5, 5.41) is 6.41. The van der Waals surface area contributed by atoms with Crippen molar-refractivity contribution in [3.05, 3.63) is 23.9 Å². The zero-order valence-corrected chi connectivity index (χ0v) is 17.9. The summed E-state index contributed by atoms with van der Waals surface area (Å²) in [5.41, 5.74) is -0.791. The van der Waals surface area contributed by atoms with Gasteiger partial charge in [0.05, 0.1) is 12.1 Å². The summed E-state index contributed by atoms with van der Waals surface area (Å²) < 4.78 is 42.9. The van der Waals surface area contributed by atoms with E-state index >= 15 is 0 Å². The summed E-state index contributed by atoms with van der Waals surface area (Å²) in [6.07, 6.45) is -1.20. The van der Waals surface area contributed by atoms with Gasteiger partial charge in [-0.25, -0.2) is 4.98 Å². The lowest BCUT2D eigenvalue weighted by Gasteiger charge is -2.24. The maximum atomic E-state index is 12.5. The molecule has 2 rings (SSSR count). The molecule has 5 nitrogen and oxygen atoms in total. The van der Waals surface area contributed by atoms with Crippen molar-refractivity contribution in [1.29, 1.82) is 0 Å². The van der Waals surface area contributed by atoms with Crippen LogP contribution in [0.15, 0.2) is 23.3 Å². The maximum Gasteiger partial charge on any atom is 0.417 e. The molecule has 26 heavy (non-hydrogen) atoms. The Labute approximate surface area is 173 Å². The van der Waals surface area contributed by atoms with Crippen molar-refractivity contribution in [3.8, 4) is 5.88 Å². The van der Waals surface area contributed by atoms with Crippen molar-refractivity contribution in [2.75, 3.05) is 32.5 Å². The van der Waals surface area contributed by atoms with Crippen LogP contribution in [0.25, 0.3) is 0 Å². The predicted octanol–water partition coefficient (Wildman–Crippen LogP) is 3.55. The number of alkyl halides is 3. The molecular weight excluding hydrogens is 480 g/mol. The summed E-state index contributed by atoms with van der Waals surface area (Å²) >= 11 is 1.97. The van der Waals surface area contributed by atoms with Crippen LogP contribution in [0.1, 0.15) is 25.3 Å². The molecule has 0 bridgehead atoms. The SMILES string of the molecule is CN=C(NCCOc1ccc(C(F)(F)F)cn1)NCC1(C)CCCS1.I. The van der Waals surface area contributed by atoms with E-state index < -0.39 is 11.7 Å². The normalized spacial score (nSPS) is 20.4. The molecule has 1 aliphatic heterocycles. The Balaban J connectivity index is 0.00000338. The Hall–Kier alpha value is -0.910. The maximum absolute atomic E-state index is 12.5. The van der Waals surface area contributed by atoms with E-state index in [9.17, 15) is 13.2 Å². The average Bonchev–Trinajstić information content (AvgIpc) is 3.01. The van der Waals surface area contributed by atoms with Gasteiger partial charge in [0.1, 0.15) is 6.61 Å². The molecule has 1 aromatic rings. The molecule has 0 spiro atoms. The smallest absolute Gasteiger partial charge is 0.417 e. The third-order valence-corrected chi connectivity index (χ3v) is 5.40. The number of nitrogens with one attached hydrogen (secondary N) is 2. The summed E-state index contributed by atoms with van der Waals surface area (Å²) in [4.78, 5) is 7.81. The zero-order valence-electron chi connectivity index (χ0n) is 14.7. The lowest BCUT2D eigenvalue weighted by molar-refractivity contribution is -0.137. The van der Waals surface area contributed by atoms with Crippen LogP contribution in [0.2, 0.25) is 0 Å². The van der Waals surface area contributed by atoms with E-state index in [1.165, 1.54) is 24.7 Å². The Morgan fingerprint density at radius 3 is 2.69 bits per heavy atom. The van der Waals surface area contributed by atoms with E-state index in [1.807, 2.05) is 11.8 Å². The number of nitrogens with zero attached hydrogens (tertiary/aromatic N) is 2. The molecule has 0 aromatic carbocycles. The predicted molar refractivity (Wildman–Crippen MR) is 110 cm³/mol. The van der Waals surface area contributed by atoms with Gasteiger partial charge in [-0.2, -0.15) is 24.9 Å². The van der Waals surface area contributed by atoms with Crippen molar-refractivity contribution < 1.29 is 17.9 Å². The van der Waals surface area contributed by atoms with Crippen molar-refractivity contribution in [2.24, 2.45) is 4.99 Å². The molecule has 2 N–H and O–H groups in total. The summed E-state index contributed by atoms with van der Waals surface area (Å²) in [6.45, 7) is 3.81. The molecule has 0 radical (unpaired) electrons. The first-order chi connectivity index (χ1) is 11.8. The highest BCUT2D eigenvalue weighted by atomic mass is 127. The average molecular weight is 504 g/mol. The number of ether oxygens (including phenoxy) is 1. The quantitative estimate of drug-likeness (QED) is 0.269. The van der Waals surface area contributed by atoms with Crippen LogP contribution < -0.4 is 15.4 Å². The van der Waals surface area contributed by atoms with Gasteiger partial charge in [0, 0.05) is 30.6 Å². The van der Waals surface area contributed by atoms with Crippen LogP contribution in [-0.4, -0.2) is 48.2 Å². The van der Waals surface area contributed by atoms with E-state index in [0.29, 0.717) is 12.5 Å². The number of hydrogen-bond donors (Lipinski definition) is 2. The van der Waals surface area contributed by atoms with E-state index in [-0.39, 0.29) is 41.2 Å². The molecule has 0 aliphatic carbocycles. The first kappa shape index (κ1) is 23.1. The van der Waals surface area contributed by atoms with Crippen molar-refractivity contribution in [3.63, 3.8) is 0 Å². The molecule has 1 aromatic heterocycles. The number of hydrogen-bond acceptors (Lipinski definition) is 4. The second-order valence-electron chi connectivity index (χ2n) is 5.99. The summed E-state index contributed by atoms with van der Waals surface area (Å²) in [6, 6.07) is 2.17. The highest BCUT2D eigenvalue weighted by Gasteiger charge is 2.31. The topological polar surface area (TPSA) is 58.5 Å². The Morgan fingerprint density at radius 2 is 2.15 bits per heavy atom. The Bertz CT molecular complexity index is 578. The van der Waals surface area contributed by atoms with Gasteiger partial charge >= 0.3 is 6.18 Å². The molecule has 148 valence electrons. The first-order valence-corrected chi connectivity index (χ1v) is 9.05. The van der Waals surface area contributed by atoms with Crippen molar-refractivity contribution >= 4 is 41.7 Å². The summed E-state index contributed by atoms with van der Waals surface area (Å²) in [7, 11) is 1.69. The second kappa shape index (κ2) is 10.4. The minimum Gasteiger partial charge on any atom is -0.476 e. The second-order valence-corrected chi connectivity index (χ2v) is 7.67. The van der Waals surface area contributed by atoms with E-state index in [0.717, 1.165) is 18.8 Å². The van der Waals surface area contributed by atoms with Gasteiger partial charge in [0.2, 0.25) is 5.88 Å². The van der Waals surface area contributed by atoms with E-state index in [4.69, 9.17) is 4.74 Å². The third-order valence-electron chi connectivity index (χ3n) is 3.86. The van der Waals surface area contributed by atoms with E-state index in [1.54, 1.807) is 7.05 Å². The lowest BCUT2D eigenvalue weighted by atomic mass is 10.1. The highest BCUT2D eigenvalue weighted by Crippen LogP contribution is 2.36. The molecule has 1 unspecified atom stereocenters. The Kier molecular flexibility index (Phi) is 9.28. The molecule has 2 heterocycles. The number of halogens is 4. The number of rotatable bonds is 6. The fraction of sp³-hybridized carbons (Fsp3) is 0.625. The number of pyridine rings is 1. The van der Waals surface area contributed by atoms with E-state index in [2.05, 4.69) is 27.5 Å². The van der Waals surface area contributed by atoms with Crippen LogP contribution in [0.5, 0.6) is 5.88 Å². The molecule has 0 amide bonds. The molecule has 10 heteroatoms. The van der Waals surface area contributed by atoms with Gasteiger partial charge in [0.25, 0.3) is 0 Å². The number of aliphatic imine (C=N–C) groups is 1. The minimum atomic E-state index is -4.39. The number of aromatic nitrogens is 1. The lowest BCUT2D eigenvalue weighted by Crippen LogP contribution is -2.44. The molecular formula is C16H24F3IN4OS. The van der Waals surface area contributed by atoms with Crippen molar-refractivity contribution in [1.82, 2.24) is 15.6 Å². The van der Waals surface area contributed by atoms with Gasteiger partial charge in [-0.15, -0.1) is 24.0 Å². The number of thioether (sulfide) groups is 1. The first-order valence-electron chi connectivity index (χ1n) is 8.07. The van der Waals surface area contributed by atoms with Crippen LogP contribution >= 0.6 is 35.7 Å². The highest BCUT2D eigenvalue weighted by molar-refractivity contribution is 14.0. The molecule has 0 saturated carbocycles. The standard InChI is InChI=1S/C16H23F3N4OS.HI/c1-15(6-3-9-25-15)11-23-14(20-2)21-7-8-24-13-5-4-12(10-22-13)16(17,18)19;/h4-5,10H,3,6-9,11H2,1-2H3,(H2,20,21,23);1H.